The van der Waals surface area contributed by atoms with Crippen LogP contribution in [-0.4, -0.2) is 23.0 Å². The van der Waals surface area contributed by atoms with Crippen LogP contribution in [0.15, 0.2) is 56.5 Å². The topological polar surface area (TPSA) is 59.0 Å². The molecule has 1 saturated carbocycles. The number of rotatable bonds is 5. The van der Waals surface area contributed by atoms with E-state index in [2.05, 4.69) is 49.1 Å². The van der Waals surface area contributed by atoms with Crippen molar-refractivity contribution in [3.8, 4) is 5.75 Å². The molecule has 32 heavy (non-hydrogen) atoms. The van der Waals surface area contributed by atoms with Crippen LogP contribution in [0.4, 0.5) is 0 Å². The molecule has 5 rings (SSSR count). The first kappa shape index (κ1) is 22.1. The molecule has 5 nitrogen and oxygen atoms in total. The number of benzene rings is 2. The fourth-order valence-corrected chi connectivity index (χ4v) is 6.47. The van der Waals surface area contributed by atoms with Gasteiger partial charge in [-0.15, -0.1) is 0 Å². The maximum atomic E-state index is 12.8. The molecule has 4 atom stereocenters. The minimum Gasteiger partial charge on any atom is -0.487 e. The molecule has 0 spiro atoms. The number of halogens is 4. The maximum absolute atomic E-state index is 12.8. The average Bonchev–Trinajstić information content (AvgIpc) is 3.43. The fourth-order valence-electron chi connectivity index (χ4n) is 4.70. The van der Waals surface area contributed by atoms with E-state index in [4.69, 9.17) is 27.9 Å². The van der Waals surface area contributed by atoms with Gasteiger partial charge in [0.05, 0.1) is 37.0 Å². The Morgan fingerprint density at radius 3 is 2.22 bits per heavy atom. The SMILES string of the molecule is O=C1[C@@H]2[C@H](C(=O)N1N=Cc1cc(Br)c(OCc3ccc(Cl)c(Cl)c3)c(Br)c1)[C@H]1C=C[C@H]2C1. The summed E-state index contributed by atoms with van der Waals surface area (Å²) in [6, 6.07) is 8.96. The van der Waals surface area contributed by atoms with E-state index in [1.165, 1.54) is 6.21 Å². The van der Waals surface area contributed by atoms with Crippen molar-refractivity contribution in [1.82, 2.24) is 5.01 Å². The summed E-state index contributed by atoms with van der Waals surface area (Å²) >= 11 is 19.1. The molecule has 2 bridgehead atoms. The Labute approximate surface area is 211 Å². The summed E-state index contributed by atoms with van der Waals surface area (Å²) in [5.41, 5.74) is 1.59. The Bertz CT molecular complexity index is 1150. The third-order valence-electron chi connectivity index (χ3n) is 6.16. The van der Waals surface area contributed by atoms with E-state index >= 15 is 0 Å². The molecule has 2 amide bonds. The second-order valence-corrected chi connectivity index (χ2v) is 10.6. The van der Waals surface area contributed by atoms with Crippen LogP contribution in [0.5, 0.6) is 5.75 Å². The summed E-state index contributed by atoms with van der Waals surface area (Å²) in [6.07, 6.45) is 6.54. The molecule has 2 fully saturated rings. The highest BCUT2D eigenvalue weighted by Crippen LogP contribution is 2.52. The van der Waals surface area contributed by atoms with Crippen molar-refractivity contribution < 1.29 is 14.3 Å². The van der Waals surface area contributed by atoms with E-state index in [1.54, 1.807) is 12.1 Å². The molecule has 1 heterocycles. The molecular formula is C23H16Br2Cl2N2O3. The number of allylic oxidation sites excluding steroid dienone is 2. The molecule has 1 aliphatic heterocycles. The molecule has 164 valence electrons. The van der Waals surface area contributed by atoms with Gasteiger partial charge in [-0.3, -0.25) is 9.59 Å². The smallest absolute Gasteiger partial charge is 0.254 e. The van der Waals surface area contributed by atoms with Crippen molar-refractivity contribution in [2.45, 2.75) is 13.0 Å². The lowest BCUT2D eigenvalue weighted by Crippen LogP contribution is -2.28. The molecule has 0 N–H and O–H groups in total. The third kappa shape index (κ3) is 3.83. The number of ether oxygens (including phenoxy) is 1. The van der Waals surface area contributed by atoms with Crippen LogP contribution in [0.25, 0.3) is 0 Å². The summed E-state index contributed by atoms with van der Waals surface area (Å²) < 4.78 is 7.33. The zero-order chi connectivity index (χ0) is 22.6. The fraction of sp³-hybridized carbons (Fsp3) is 0.261. The molecule has 9 heteroatoms. The number of carbonyl (C=O) groups excluding carboxylic acids is 2. The number of hydrogen-bond donors (Lipinski definition) is 0. The summed E-state index contributed by atoms with van der Waals surface area (Å²) in [4.78, 5) is 25.5. The Kier molecular flexibility index (Phi) is 5.95. The van der Waals surface area contributed by atoms with Crippen LogP contribution in [0, 0.1) is 23.7 Å². The van der Waals surface area contributed by atoms with Gasteiger partial charge in [-0.05, 0) is 85.5 Å². The largest absolute Gasteiger partial charge is 0.487 e. The third-order valence-corrected chi connectivity index (χ3v) is 8.07. The van der Waals surface area contributed by atoms with Crippen molar-refractivity contribution in [2.75, 3.05) is 0 Å². The van der Waals surface area contributed by atoms with Gasteiger partial charge in [0.2, 0.25) is 0 Å². The summed E-state index contributed by atoms with van der Waals surface area (Å²) in [5, 5.41) is 6.23. The number of amides is 2. The minimum atomic E-state index is -0.259. The summed E-state index contributed by atoms with van der Waals surface area (Å²) in [5.74, 6) is 0.0173. The lowest BCUT2D eigenvalue weighted by molar-refractivity contribution is -0.140. The molecule has 2 aromatic rings. The van der Waals surface area contributed by atoms with Crippen molar-refractivity contribution in [1.29, 1.82) is 0 Å². The van der Waals surface area contributed by atoms with Gasteiger partial charge in [-0.2, -0.15) is 10.1 Å². The van der Waals surface area contributed by atoms with Gasteiger partial charge < -0.3 is 4.74 Å². The summed E-state index contributed by atoms with van der Waals surface area (Å²) in [6.45, 7) is 0.303. The Morgan fingerprint density at radius 1 is 1.00 bits per heavy atom. The van der Waals surface area contributed by atoms with E-state index in [-0.39, 0.29) is 35.5 Å². The van der Waals surface area contributed by atoms with Gasteiger partial charge in [0.15, 0.2) is 0 Å². The van der Waals surface area contributed by atoms with Crippen LogP contribution in [0.3, 0.4) is 0 Å². The number of imide groups is 1. The second-order valence-electron chi connectivity index (χ2n) is 8.08. The zero-order valence-electron chi connectivity index (χ0n) is 16.5. The van der Waals surface area contributed by atoms with E-state index in [0.717, 1.165) is 17.0 Å². The average molecular weight is 599 g/mol. The van der Waals surface area contributed by atoms with Gasteiger partial charge in [-0.1, -0.05) is 41.4 Å². The highest BCUT2D eigenvalue weighted by Gasteiger charge is 2.59. The predicted molar refractivity (Wildman–Crippen MR) is 130 cm³/mol. The van der Waals surface area contributed by atoms with E-state index < -0.39 is 0 Å². The Hall–Kier alpha value is -1.67. The maximum Gasteiger partial charge on any atom is 0.254 e. The van der Waals surface area contributed by atoms with E-state index in [0.29, 0.717) is 36.9 Å². The van der Waals surface area contributed by atoms with Gasteiger partial charge in [0.25, 0.3) is 11.8 Å². The molecular weight excluding hydrogens is 583 g/mol. The molecule has 3 aliphatic rings. The number of hydrogen-bond acceptors (Lipinski definition) is 4. The first-order valence-electron chi connectivity index (χ1n) is 9.99. The van der Waals surface area contributed by atoms with Crippen LogP contribution in [0.2, 0.25) is 10.0 Å². The minimum absolute atomic E-state index is 0.164. The Balaban J connectivity index is 1.30. The van der Waals surface area contributed by atoms with Gasteiger partial charge >= 0.3 is 0 Å². The first-order valence-corrected chi connectivity index (χ1v) is 12.3. The van der Waals surface area contributed by atoms with Crippen molar-refractivity contribution in [3.05, 3.63) is 72.6 Å². The van der Waals surface area contributed by atoms with Gasteiger partial charge in [-0.25, -0.2) is 0 Å². The van der Waals surface area contributed by atoms with Crippen LogP contribution in [-0.2, 0) is 16.2 Å². The van der Waals surface area contributed by atoms with E-state index in [1.807, 2.05) is 18.2 Å². The van der Waals surface area contributed by atoms with Gasteiger partial charge in [0.1, 0.15) is 12.4 Å². The van der Waals surface area contributed by atoms with Crippen molar-refractivity contribution >= 4 is 73.1 Å². The van der Waals surface area contributed by atoms with Crippen molar-refractivity contribution in [3.63, 3.8) is 0 Å². The monoisotopic (exact) mass is 596 g/mol. The number of hydrazone groups is 1. The van der Waals surface area contributed by atoms with Crippen molar-refractivity contribution in [2.24, 2.45) is 28.8 Å². The zero-order valence-corrected chi connectivity index (χ0v) is 21.2. The molecule has 2 aliphatic carbocycles. The lowest BCUT2D eigenvalue weighted by atomic mass is 9.85. The molecule has 0 unspecified atom stereocenters. The van der Waals surface area contributed by atoms with Gasteiger partial charge in [0, 0.05) is 0 Å². The first-order chi connectivity index (χ1) is 15.3. The molecule has 0 aromatic heterocycles. The standard InChI is InChI=1S/C23H16Br2Cl2N2O3/c24-15-5-12(6-16(25)21(15)32-10-11-1-4-17(26)18(27)7-11)9-28-29-22(30)19-13-2-3-14(8-13)20(19)23(29)31/h1-7,9,13-14,19-20H,8,10H2/t13-,14-,19-,20+/m0/s1. The second kappa shape index (κ2) is 8.60. The van der Waals surface area contributed by atoms with Crippen LogP contribution in [0.1, 0.15) is 17.5 Å². The number of carbonyl (C=O) groups is 2. The summed E-state index contributed by atoms with van der Waals surface area (Å²) in [7, 11) is 0. The Morgan fingerprint density at radius 2 is 1.62 bits per heavy atom. The lowest BCUT2D eigenvalue weighted by Gasteiger charge is -2.13. The molecule has 0 radical (unpaired) electrons. The predicted octanol–water partition coefficient (Wildman–Crippen LogP) is 6.24. The quantitative estimate of drug-likeness (QED) is 0.233. The van der Waals surface area contributed by atoms with Crippen LogP contribution < -0.4 is 4.74 Å². The number of fused-ring (bicyclic) bond motifs is 5. The van der Waals surface area contributed by atoms with Crippen LogP contribution >= 0.6 is 55.1 Å². The highest BCUT2D eigenvalue weighted by atomic mass is 79.9. The highest BCUT2D eigenvalue weighted by molar-refractivity contribution is 9.11. The normalized spacial score (nSPS) is 25.9. The van der Waals surface area contributed by atoms with E-state index in [9.17, 15) is 9.59 Å². The molecule has 1 saturated heterocycles. The molecule has 2 aromatic carbocycles. The number of nitrogens with zero attached hydrogens (tertiary/aromatic N) is 2.